The van der Waals surface area contributed by atoms with Gasteiger partial charge in [0.15, 0.2) is 6.61 Å². The second kappa shape index (κ2) is 10.5. The van der Waals surface area contributed by atoms with Gasteiger partial charge in [0.25, 0.3) is 5.91 Å². The van der Waals surface area contributed by atoms with Gasteiger partial charge in [0.2, 0.25) is 0 Å². The van der Waals surface area contributed by atoms with Gasteiger partial charge in [0.1, 0.15) is 5.75 Å². The number of hydrogen-bond acceptors (Lipinski definition) is 4. The van der Waals surface area contributed by atoms with E-state index < -0.39 is 5.97 Å². The number of carbonyl (C=O) groups is 2. The third-order valence-electron chi connectivity index (χ3n) is 4.32. The minimum absolute atomic E-state index is 0.207. The Bertz CT molecular complexity index is 589. The highest BCUT2D eigenvalue weighted by molar-refractivity contribution is 5.89. The fourth-order valence-electron chi connectivity index (χ4n) is 2.96. The molecule has 0 bridgehead atoms. The van der Waals surface area contributed by atoms with E-state index >= 15 is 0 Å². The standard InChI is InChI=1S/C20H27NO4/c1-24-18-11-7-8-16(14-18)12-13-20(23)25-15-19(22)21-17-9-5-3-2-4-6-10-17/h7-8,11-14,17H,2-6,9-10,15H2,1H3,(H,21,22). The molecule has 5 heteroatoms. The maximum atomic E-state index is 11.9. The number of methoxy groups -OCH3 is 1. The second-order valence-electron chi connectivity index (χ2n) is 6.33. The summed E-state index contributed by atoms with van der Waals surface area (Å²) in [7, 11) is 1.59. The van der Waals surface area contributed by atoms with Crippen LogP contribution < -0.4 is 10.1 Å². The largest absolute Gasteiger partial charge is 0.497 e. The van der Waals surface area contributed by atoms with Crippen molar-refractivity contribution in [3.05, 3.63) is 35.9 Å². The highest BCUT2D eigenvalue weighted by Gasteiger charge is 2.14. The van der Waals surface area contributed by atoms with Crippen LogP contribution in [0, 0.1) is 0 Å². The van der Waals surface area contributed by atoms with Crippen molar-refractivity contribution in [2.45, 2.75) is 51.0 Å². The molecule has 1 aromatic carbocycles. The van der Waals surface area contributed by atoms with E-state index in [0.717, 1.165) is 31.2 Å². The van der Waals surface area contributed by atoms with Gasteiger partial charge in [-0.3, -0.25) is 4.79 Å². The molecule has 5 nitrogen and oxygen atoms in total. The number of ether oxygens (including phenoxy) is 2. The molecule has 2 rings (SSSR count). The summed E-state index contributed by atoms with van der Waals surface area (Å²) >= 11 is 0. The summed E-state index contributed by atoms with van der Waals surface area (Å²) in [5, 5.41) is 2.97. The first-order valence-corrected chi connectivity index (χ1v) is 8.95. The molecule has 136 valence electrons. The Hall–Kier alpha value is -2.30. The molecule has 1 aromatic rings. The van der Waals surface area contributed by atoms with E-state index in [9.17, 15) is 9.59 Å². The van der Waals surface area contributed by atoms with Crippen molar-refractivity contribution in [3.63, 3.8) is 0 Å². The first-order valence-electron chi connectivity index (χ1n) is 8.95. The summed E-state index contributed by atoms with van der Waals surface area (Å²) in [6, 6.07) is 7.54. The van der Waals surface area contributed by atoms with Crippen molar-refractivity contribution in [1.82, 2.24) is 5.32 Å². The molecule has 0 saturated heterocycles. The Labute approximate surface area is 149 Å². The maximum absolute atomic E-state index is 11.9. The van der Waals surface area contributed by atoms with Crippen molar-refractivity contribution in [2.75, 3.05) is 13.7 Å². The van der Waals surface area contributed by atoms with Crippen molar-refractivity contribution in [1.29, 1.82) is 0 Å². The second-order valence-corrected chi connectivity index (χ2v) is 6.33. The Morgan fingerprint density at radius 1 is 1.16 bits per heavy atom. The molecule has 1 fully saturated rings. The first-order chi connectivity index (χ1) is 12.2. The molecular weight excluding hydrogens is 318 g/mol. The Morgan fingerprint density at radius 3 is 2.60 bits per heavy atom. The molecule has 0 aromatic heterocycles. The van der Waals surface area contributed by atoms with Gasteiger partial charge in [-0.1, -0.05) is 44.2 Å². The molecule has 0 atom stereocenters. The number of nitrogens with one attached hydrogen (secondary N) is 1. The SMILES string of the molecule is COc1cccc(C=CC(=O)OCC(=O)NC2CCCCCCC2)c1. The van der Waals surface area contributed by atoms with Gasteiger partial charge in [-0.25, -0.2) is 4.79 Å². The van der Waals surface area contributed by atoms with Crippen LogP contribution >= 0.6 is 0 Å². The average molecular weight is 345 g/mol. The predicted octanol–water partition coefficient (Wildman–Crippen LogP) is 3.48. The number of esters is 1. The number of benzene rings is 1. The van der Waals surface area contributed by atoms with E-state index in [0.29, 0.717) is 5.75 Å². The third kappa shape index (κ3) is 7.42. The van der Waals surface area contributed by atoms with Crippen LogP contribution in [0.15, 0.2) is 30.3 Å². The number of carbonyl (C=O) groups excluding carboxylic acids is 2. The predicted molar refractivity (Wildman–Crippen MR) is 97.2 cm³/mol. The van der Waals surface area contributed by atoms with Crippen molar-refractivity contribution in [3.8, 4) is 5.75 Å². The zero-order valence-corrected chi connectivity index (χ0v) is 14.8. The van der Waals surface area contributed by atoms with Gasteiger partial charge in [0.05, 0.1) is 7.11 Å². The van der Waals surface area contributed by atoms with Gasteiger partial charge < -0.3 is 14.8 Å². The number of rotatable bonds is 6. The molecule has 0 radical (unpaired) electrons. The van der Waals surface area contributed by atoms with Crippen LogP contribution in [0.25, 0.3) is 6.08 Å². The summed E-state index contributed by atoms with van der Waals surface area (Å²) in [5.41, 5.74) is 0.829. The van der Waals surface area contributed by atoms with E-state index in [-0.39, 0.29) is 18.6 Å². The maximum Gasteiger partial charge on any atom is 0.331 e. The molecule has 25 heavy (non-hydrogen) atoms. The Kier molecular flexibility index (Phi) is 8.02. The highest BCUT2D eigenvalue weighted by atomic mass is 16.5. The molecule has 1 aliphatic carbocycles. The molecule has 1 saturated carbocycles. The lowest BCUT2D eigenvalue weighted by Gasteiger charge is -2.20. The lowest BCUT2D eigenvalue weighted by Crippen LogP contribution is -2.37. The highest BCUT2D eigenvalue weighted by Crippen LogP contribution is 2.17. The fraction of sp³-hybridized carbons (Fsp3) is 0.500. The van der Waals surface area contributed by atoms with Gasteiger partial charge >= 0.3 is 5.97 Å². The molecule has 1 amide bonds. The molecule has 0 unspecified atom stereocenters. The quantitative estimate of drug-likeness (QED) is 0.633. The van der Waals surface area contributed by atoms with E-state index in [1.807, 2.05) is 24.3 Å². The van der Waals surface area contributed by atoms with E-state index in [1.54, 1.807) is 13.2 Å². The zero-order chi connectivity index (χ0) is 17.9. The van der Waals surface area contributed by atoms with Crippen LogP contribution in [0.3, 0.4) is 0 Å². The summed E-state index contributed by atoms with van der Waals surface area (Å²) < 4.78 is 10.1. The van der Waals surface area contributed by atoms with Crippen LogP contribution in [0.1, 0.15) is 50.5 Å². The molecule has 1 aliphatic rings. The minimum Gasteiger partial charge on any atom is -0.497 e. The lowest BCUT2D eigenvalue weighted by molar-refractivity contribution is -0.144. The van der Waals surface area contributed by atoms with Crippen LogP contribution in [-0.4, -0.2) is 31.6 Å². The Balaban J connectivity index is 1.72. The summed E-state index contributed by atoms with van der Waals surface area (Å²) in [6.07, 6.45) is 11.0. The summed E-state index contributed by atoms with van der Waals surface area (Å²) in [4.78, 5) is 23.7. The first kappa shape index (κ1) is 19.0. The lowest BCUT2D eigenvalue weighted by atomic mass is 9.97. The van der Waals surface area contributed by atoms with Crippen LogP contribution in [0.4, 0.5) is 0 Å². The van der Waals surface area contributed by atoms with Crippen LogP contribution in [-0.2, 0) is 14.3 Å². The van der Waals surface area contributed by atoms with Gasteiger partial charge in [-0.15, -0.1) is 0 Å². The van der Waals surface area contributed by atoms with Crippen LogP contribution in [0.5, 0.6) is 5.75 Å². The van der Waals surface area contributed by atoms with E-state index in [1.165, 1.54) is 25.3 Å². The van der Waals surface area contributed by atoms with Gasteiger partial charge in [-0.05, 0) is 36.6 Å². The van der Waals surface area contributed by atoms with Crippen molar-refractivity contribution < 1.29 is 19.1 Å². The smallest absolute Gasteiger partial charge is 0.331 e. The zero-order valence-electron chi connectivity index (χ0n) is 14.8. The Morgan fingerprint density at radius 2 is 1.88 bits per heavy atom. The van der Waals surface area contributed by atoms with E-state index in [4.69, 9.17) is 9.47 Å². The molecule has 1 N–H and O–H groups in total. The summed E-state index contributed by atoms with van der Waals surface area (Å²) in [6.45, 7) is -0.238. The normalized spacial score (nSPS) is 16.0. The fourth-order valence-corrected chi connectivity index (χ4v) is 2.96. The molecule has 0 aliphatic heterocycles. The number of hydrogen-bond donors (Lipinski definition) is 1. The minimum atomic E-state index is -0.532. The van der Waals surface area contributed by atoms with Crippen molar-refractivity contribution in [2.24, 2.45) is 0 Å². The average Bonchev–Trinajstić information content (AvgIpc) is 2.60. The van der Waals surface area contributed by atoms with Gasteiger partial charge in [0, 0.05) is 12.1 Å². The molecule has 0 spiro atoms. The topological polar surface area (TPSA) is 64.6 Å². The molecule has 0 heterocycles. The van der Waals surface area contributed by atoms with Crippen LogP contribution in [0.2, 0.25) is 0 Å². The van der Waals surface area contributed by atoms with Gasteiger partial charge in [-0.2, -0.15) is 0 Å². The van der Waals surface area contributed by atoms with Crippen molar-refractivity contribution >= 4 is 18.0 Å². The number of amides is 1. The summed E-state index contributed by atoms with van der Waals surface area (Å²) in [5.74, 6) is -0.0431. The monoisotopic (exact) mass is 345 g/mol. The van der Waals surface area contributed by atoms with E-state index in [2.05, 4.69) is 5.32 Å². The third-order valence-corrected chi connectivity index (χ3v) is 4.32. The molecular formula is C20H27NO4.